The second-order valence-electron chi connectivity index (χ2n) is 2.36. The van der Waals surface area contributed by atoms with E-state index in [1.165, 1.54) is 0 Å². The Morgan fingerprint density at radius 3 is 1.92 bits per heavy atom. The van der Waals surface area contributed by atoms with Crippen LogP contribution in [0.25, 0.3) is 0 Å². The summed E-state index contributed by atoms with van der Waals surface area (Å²) >= 11 is 0. The fraction of sp³-hybridized carbons (Fsp3) is 0.333. The molecule has 0 aliphatic carbocycles. The lowest BCUT2D eigenvalue weighted by molar-refractivity contribution is 0.0163. The Morgan fingerprint density at radius 1 is 1.33 bits per heavy atom. The number of hydrogen-bond acceptors (Lipinski definition) is 2. The van der Waals surface area contributed by atoms with Crippen molar-refractivity contribution in [1.82, 2.24) is 0 Å². The van der Waals surface area contributed by atoms with E-state index in [-0.39, 0.29) is 6.10 Å². The molecular formula is C9H16O2Si. The van der Waals surface area contributed by atoms with Gasteiger partial charge in [-0.2, -0.15) is 0 Å². The SMILES string of the molecule is C=CC(OC)C(C=C)(C=C)O[SiH3]. The summed E-state index contributed by atoms with van der Waals surface area (Å²) in [6.07, 6.45) is 4.83. The largest absolute Gasteiger partial charge is 0.413 e. The van der Waals surface area contributed by atoms with Gasteiger partial charge in [-0.3, -0.25) is 0 Å². The number of rotatable bonds is 6. The van der Waals surface area contributed by atoms with Crippen LogP contribution in [0.3, 0.4) is 0 Å². The van der Waals surface area contributed by atoms with E-state index in [2.05, 4.69) is 19.7 Å². The minimum Gasteiger partial charge on any atom is -0.413 e. The van der Waals surface area contributed by atoms with Crippen molar-refractivity contribution < 1.29 is 9.16 Å². The van der Waals surface area contributed by atoms with E-state index in [4.69, 9.17) is 9.16 Å². The Labute approximate surface area is 77.1 Å². The third-order valence-electron chi connectivity index (χ3n) is 1.90. The molecule has 2 nitrogen and oxygen atoms in total. The van der Waals surface area contributed by atoms with E-state index in [9.17, 15) is 0 Å². The first kappa shape index (κ1) is 11.4. The van der Waals surface area contributed by atoms with Gasteiger partial charge in [-0.05, 0) is 0 Å². The summed E-state index contributed by atoms with van der Waals surface area (Å²) in [4.78, 5) is 0. The maximum Gasteiger partial charge on any atom is 0.147 e. The first-order chi connectivity index (χ1) is 5.70. The molecule has 12 heavy (non-hydrogen) atoms. The van der Waals surface area contributed by atoms with E-state index < -0.39 is 5.60 Å². The maximum absolute atomic E-state index is 5.39. The lowest BCUT2D eigenvalue weighted by Gasteiger charge is -2.31. The molecular weight excluding hydrogens is 168 g/mol. The molecule has 0 aromatic rings. The van der Waals surface area contributed by atoms with Gasteiger partial charge in [0, 0.05) is 7.11 Å². The zero-order valence-electron chi connectivity index (χ0n) is 7.75. The molecule has 0 saturated heterocycles. The maximum atomic E-state index is 5.39. The van der Waals surface area contributed by atoms with Crippen molar-refractivity contribution in [2.24, 2.45) is 0 Å². The van der Waals surface area contributed by atoms with Gasteiger partial charge in [-0.1, -0.05) is 31.4 Å². The third kappa shape index (κ3) is 1.94. The first-order valence-corrected chi connectivity index (χ1v) is 4.50. The van der Waals surface area contributed by atoms with E-state index in [1.54, 1.807) is 25.3 Å². The van der Waals surface area contributed by atoms with Gasteiger partial charge in [0.25, 0.3) is 0 Å². The quantitative estimate of drug-likeness (QED) is 0.444. The van der Waals surface area contributed by atoms with Crippen LogP contribution in [0.1, 0.15) is 0 Å². The Bertz CT molecular complexity index is 169. The number of ether oxygens (including phenoxy) is 1. The van der Waals surface area contributed by atoms with Gasteiger partial charge in [0.05, 0.1) is 0 Å². The molecule has 0 N–H and O–H groups in total. The van der Waals surface area contributed by atoms with Crippen molar-refractivity contribution in [3.8, 4) is 0 Å². The molecule has 0 saturated carbocycles. The lowest BCUT2D eigenvalue weighted by Crippen LogP contribution is -2.40. The van der Waals surface area contributed by atoms with Gasteiger partial charge in [-0.25, -0.2) is 0 Å². The lowest BCUT2D eigenvalue weighted by atomic mass is 9.97. The molecule has 0 aliphatic rings. The van der Waals surface area contributed by atoms with Crippen LogP contribution in [0.4, 0.5) is 0 Å². The topological polar surface area (TPSA) is 18.5 Å². The molecule has 0 aromatic heterocycles. The van der Waals surface area contributed by atoms with Gasteiger partial charge in [0.15, 0.2) is 0 Å². The summed E-state index contributed by atoms with van der Waals surface area (Å²) in [6.45, 7) is 11.0. The fourth-order valence-corrected chi connectivity index (χ4v) is 1.63. The highest BCUT2D eigenvalue weighted by molar-refractivity contribution is 5.98. The van der Waals surface area contributed by atoms with E-state index in [0.29, 0.717) is 10.5 Å². The van der Waals surface area contributed by atoms with Crippen LogP contribution >= 0.6 is 0 Å². The highest BCUT2D eigenvalue weighted by atomic mass is 28.2. The zero-order valence-corrected chi connectivity index (χ0v) is 9.75. The summed E-state index contributed by atoms with van der Waals surface area (Å²) in [5.74, 6) is 0. The van der Waals surface area contributed by atoms with Gasteiger partial charge in [0.2, 0.25) is 0 Å². The van der Waals surface area contributed by atoms with Crippen molar-refractivity contribution in [3.05, 3.63) is 38.0 Å². The standard InChI is InChI=1S/C9H16O2Si/c1-5-8(10-4)9(6-2,7-3)11-12/h5-8H,1-3H2,4,12H3. The molecule has 1 unspecified atom stereocenters. The monoisotopic (exact) mass is 184 g/mol. The molecule has 68 valence electrons. The molecule has 0 aliphatic heterocycles. The van der Waals surface area contributed by atoms with Crippen LogP contribution in [0.5, 0.6) is 0 Å². The molecule has 0 amide bonds. The Balaban J connectivity index is 4.77. The highest BCUT2D eigenvalue weighted by Crippen LogP contribution is 2.21. The van der Waals surface area contributed by atoms with Gasteiger partial charge in [0.1, 0.15) is 22.2 Å². The molecule has 0 aromatic carbocycles. The van der Waals surface area contributed by atoms with Crippen molar-refractivity contribution in [1.29, 1.82) is 0 Å². The molecule has 0 fully saturated rings. The summed E-state index contributed by atoms with van der Waals surface area (Å²) in [5.41, 5.74) is -0.608. The molecule has 0 spiro atoms. The van der Waals surface area contributed by atoms with Gasteiger partial charge < -0.3 is 9.16 Å². The predicted molar refractivity (Wildman–Crippen MR) is 55.1 cm³/mol. The Kier molecular flexibility index (Phi) is 4.81. The molecule has 0 radical (unpaired) electrons. The van der Waals surface area contributed by atoms with Crippen LogP contribution < -0.4 is 0 Å². The second-order valence-corrected chi connectivity index (χ2v) is 2.77. The number of methoxy groups -OCH3 is 1. The summed E-state index contributed by atoms with van der Waals surface area (Å²) < 4.78 is 10.6. The zero-order chi connectivity index (χ0) is 9.61. The van der Waals surface area contributed by atoms with Gasteiger partial charge in [-0.15, -0.1) is 6.58 Å². The highest BCUT2D eigenvalue weighted by Gasteiger charge is 2.30. The van der Waals surface area contributed by atoms with Crippen molar-refractivity contribution >= 4 is 10.5 Å². The third-order valence-corrected chi connectivity index (χ3v) is 2.61. The Morgan fingerprint density at radius 2 is 1.83 bits per heavy atom. The summed E-state index contributed by atoms with van der Waals surface area (Å²) in [7, 11) is 2.21. The van der Waals surface area contributed by atoms with Crippen LogP contribution in [0.2, 0.25) is 0 Å². The normalized spacial score (nSPS) is 13.8. The van der Waals surface area contributed by atoms with Crippen LogP contribution in [0, 0.1) is 0 Å². The molecule has 0 heterocycles. The minimum absolute atomic E-state index is 0.218. The van der Waals surface area contributed by atoms with Gasteiger partial charge >= 0.3 is 0 Å². The average molecular weight is 184 g/mol. The van der Waals surface area contributed by atoms with Crippen LogP contribution in [0.15, 0.2) is 38.0 Å². The van der Waals surface area contributed by atoms with Crippen LogP contribution in [-0.2, 0) is 9.16 Å². The minimum atomic E-state index is -0.608. The van der Waals surface area contributed by atoms with Crippen LogP contribution in [-0.4, -0.2) is 29.3 Å². The number of hydrogen-bond donors (Lipinski definition) is 0. The van der Waals surface area contributed by atoms with E-state index in [1.807, 2.05) is 0 Å². The van der Waals surface area contributed by atoms with Crippen molar-refractivity contribution in [2.45, 2.75) is 11.7 Å². The predicted octanol–water partition coefficient (Wildman–Crippen LogP) is 0.595. The smallest absolute Gasteiger partial charge is 0.147 e. The van der Waals surface area contributed by atoms with E-state index >= 15 is 0 Å². The van der Waals surface area contributed by atoms with E-state index in [0.717, 1.165) is 0 Å². The fourth-order valence-electron chi connectivity index (χ4n) is 1.06. The average Bonchev–Trinajstić information content (AvgIpc) is 2.14. The summed E-state index contributed by atoms with van der Waals surface area (Å²) in [5, 5.41) is 0. The van der Waals surface area contributed by atoms with Crippen molar-refractivity contribution in [2.75, 3.05) is 7.11 Å². The molecule has 0 bridgehead atoms. The molecule has 3 heteroatoms. The molecule has 0 rings (SSSR count). The summed E-state index contributed by atoms with van der Waals surface area (Å²) in [6, 6.07) is 0. The van der Waals surface area contributed by atoms with Crippen molar-refractivity contribution in [3.63, 3.8) is 0 Å². The Hall–Kier alpha value is -0.643. The second kappa shape index (κ2) is 5.08. The molecule has 1 atom stereocenters. The first-order valence-electron chi connectivity index (χ1n) is 3.68.